The van der Waals surface area contributed by atoms with E-state index >= 15 is 0 Å². The Balaban J connectivity index is 2.28. The number of thiophene rings is 1. The third-order valence-electron chi connectivity index (χ3n) is 2.35. The molecule has 84 valence electrons. The van der Waals surface area contributed by atoms with Gasteiger partial charge in [0.2, 0.25) is 0 Å². The molecule has 7 heteroatoms. The summed E-state index contributed by atoms with van der Waals surface area (Å²) < 4.78 is 0. The predicted molar refractivity (Wildman–Crippen MR) is 62.9 cm³/mol. The van der Waals surface area contributed by atoms with E-state index < -0.39 is 4.92 Å². The van der Waals surface area contributed by atoms with E-state index in [0.29, 0.717) is 12.3 Å². The second kappa shape index (κ2) is 4.01. The first kappa shape index (κ1) is 10.7. The lowest BCUT2D eigenvalue weighted by Crippen LogP contribution is -2.26. The van der Waals surface area contributed by atoms with Crippen molar-refractivity contribution in [3.63, 3.8) is 0 Å². The van der Waals surface area contributed by atoms with Gasteiger partial charge in [0, 0.05) is 18.4 Å². The number of nitro groups is 1. The molecule has 0 amide bonds. The van der Waals surface area contributed by atoms with Crippen LogP contribution in [0.15, 0.2) is 22.3 Å². The van der Waals surface area contributed by atoms with Crippen molar-refractivity contribution in [3.8, 4) is 0 Å². The molecule has 0 saturated carbocycles. The van der Waals surface area contributed by atoms with E-state index in [4.69, 9.17) is 5.73 Å². The van der Waals surface area contributed by atoms with Crippen LogP contribution in [0.5, 0.6) is 0 Å². The Bertz CT molecular complexity index is 491. The maximum Gasteiger partial charge on any atom is 0.324 e. The Hall–Kier alpha value is -1.76. The average molecular weight is 238 g/mol. The number of hydrogen-bond acceptors (Lipinski definition) is 6. The number of nitrogens with zero attached hydrogens (tertiary/aromatic N) is 3. The lowest BCUT2D eigenvalue weighted by atomic mass is 10.0. The molecule has 6 nitrogen and oxygen atoms in total. The largest absolute Gasteiger partial charge is 0.385 e. The molecule has 0 radical (unpaired) electrons. The molecule has 2 N–H and O–H groups in total. The second-order valence-corrected chi connectivity index (χ2v) is 4.63. The zero-order valence-electron chi connectivity index (χ0n) is 8.58. The Morgan fingerprint density at radius 3 is 2.88 bits per heavy atom. The molecule has 1 aromatic rings. The predicted octanol–water partition coefficient (Wildman–Crippen LogP) is 1.76. The summed E-state index contributed by atoms with van der Waals surface area (Å²) in [5.41, 5.74) is 6.37. The number of nitrogens with two attached hydrogens (primary N) is 1. The van der Waals surface area contributed by atoms with Gasteiger partial charge in [0.15, 0.2) is 0 Å². The fourth-order valence-electron chi connectivity index (χ4n) is 1.38. The highest BCUT2D eigenvalue weighted by Gasteiger charge is 2.20. The van der Waals surface area contributed by atoms with Crippen LogP contribution in [0.3, 0.4) is 0 Å². The van der Waals surface area contributed by atoms with Crippen LogP contribution in [0, 0.1) is 16.0 Å². The third-order valence-corrected chi connectivity index (χ3v) is 3.43. The van der Waals surface area contributed by atoms with E-state index in [1.807, 2.05) is 6.92 Å². The fourth-order valence-corrected chi connectivity index (χ4v) is 2.20. The fraction of sp³-hybridized carbons (Fsp3) is 0.333. The van der Waals surface area contributed by atoms with Crippen molar-refractivity contribution in [2.45, 2.75) is 13.3 Å². The monoisotopic (exact) mass is 238 g/mol. The highest BCUT2D eigenvalue weighted by molar-refractivity contribution is 7.17. The molecule has 0 bridgehead atoms. The SMILES string of the molecule is CC1CC(c2ccc([N+](=O)[O-])s2)=NN=C1N. The minimum Gasteiger partial charge on any atom is -0.385 e. The summed E-state index contributed by atoms with van der Waals surface area (Å²) >= 11 is 1.11. The van der Waals surface area contributed by atoms with Crippen molar-refractivity contribution in [3.05, 3.63) is 27.1 Å². The summed E-state index contributed by atoms with van der Waals surface area (Å²) in [6.45, 7) is 1.95. The number of rotatable bonds is 2. The van der Waals surface area contributed by atoms with E-state index in [2.05, 4.69) is 10.2 Å². The molecule has 0 aromatic carbocycles. The van der Waals surface area contributed by atoms with Crippen molar-refractivity contribution >= 4 is 27.9 Å². The highest BCUT2D eigenvalue weighted by atomic mass is 32.1. The first-order chi connectivity index (χ1) is 7.58. The smallest absolute Gasteiger partial charge is 0.324 e. The Kier molecular flexibility index (Phi) is 2.69. The zero-order valence-corrected chi connectivity index (χ0v) is 9.40. The van der Waals surface area contributed by atoms with Gasteiger partial charge in [-0.3, -0.25) is 10.1 Å². The van der Waals surface area contributed by atoms with Gasteiger partial charge < -0.3 is 5.73 Å². The maximum absolute atomic E-state index is 10.5. The lowest BCUT2D eigenvalue weighted by Gasteiger charge is -2.14. The standard InChI is InChI=1S/C9H10N4O2S/c1-5-4-6(11-12-9(5)10)7-2-3-8(16-7)13(14)15/h2-3,5H,4H2,1H3,(H2,10,12). The van der Waals surface area contributed by atoms with Crippen LogP contribution in [-0.4, -0.2) is 16.5 Å². The van der Waals surface area contributed by atoms with Crippen LogP contribution < -0.4 is 5.73 Å². The van der Waals surface area contributed by atoms with E-state index in [9.17, 15) is 10.1 Å². The molecule has 0 aliphatic carbocycles. The van der Waals surface area contributed by atoms with E-state index in [-0.39, 0.29) is 10.9 Å². The van der Waals surface area contributed by atoms with Gasteiger partial charge in [0.1, 0.15) is 5.84 Å². The van der Waals surface area contributed by atoms with Crippen LogP contribution in [0.25, 0.3) is 0 Å². The summed E-state index contributed by atoms with van der Waals surface area (Å²) in [7, 11) is 0. The summed E-state index contributed by atoms with van der Waals surface area (Å²) in [5, 5.41) is 18.5. The van der Waals surface area contributed by atoms with Gasteiger partial charge in [-0.1, -0.05) is 18.3 Å². The lowest BCUT2D eigenvalue weighted by molar-refractivity contribution is -0.380. The van der Waals surface area contributed by atoms with Gasteiger partial charge in [0.25, 0.3) is 0 Å². The Labute approximate surface area is 95.6 Å². The van der Waals surface area contributed by atoms with Crippen molar-refractivity contribution in [1.29, 1.82) is 0 Å². The van der Waals surface area contributed by atoms with Crippen molar-refractivity contribution < 1.29 is 4.92 Å². The quantitative estimate of drug-likeness (QED) is 0.628. The molecule has 1 aromatic heterocycles. The topological polar surface area (TPSA) is 93.9 Å². The van der Waals surface area contributed by atoms with Gasteiger partial charge in [-0.2, -0.15) is 5.10 Å². The minimum absolute atomic E-state index is 0.118. The summed E-state index contributed by atoms with van der Waals surface area (Å²) in [4.78, 5) is 10.9. The van der Waals surface area contributed by atoms with Gasteiger partial charge in [-0.05, 0) is 6.07 Å². The van der Waals surface area contributed by atoms with Gasteiger partial charge in [-0.15, -0.1) is 5.10 Å². The van der Waals surface area contributed by atoms with Crippen molar-refractivity contribution in [2.24, 2.45) is 21.9 Å². The van der Waals surface area contributed by atoms with Crippen LogP contribution in [0.1, 0.15) is 18.2 Å². The second-order valence-electron chi connectivity index (χ2n) is 3.57. The summed E-state index contributed by atoms with van der Waals surface area (Å²) in [6, 6.07) is 3.18. The molecule has 1 atom stereocenters. The zero-order chi connectivity index (χ0) is 11.7. The summed E-state index contributed by atoms with van der Waals surface area (Å²) in [6.07, 6.45) is 0.674. The van der Waals surface area contributed by atoms with Crippen LogP contribution in [0.4, 0.5) is 5.00 Å². The molecular weight excluding hydrogens is 228 g/mol. The van der Waals surface area contributed by atoms with Crippen molar-refractivity contribution in [1.82, 2.24) is 0 Å². The molecule has 1 aliphatic heterocycles. The molecule has 1 aliphatic rings. The molecule has 0 spiro atoms. The Morgan fingerprint density at radius 1 is 1.56 bits per heavy atom. The normalized spacial score (nSPS) is 20.2. The molecule has 1 unspecified atom stereocenters. The maximum atomic E-state index is 10.5. The van der Waals surface area contributed by atoms with E-state index in [1.165, 1.54) is 6.07 Å². The molecule has 16 heavy (non-hydrogen) atoms. The third kappa shape index (κ3) is 1.94. The van der Waals surface area contributed by atoms with Crippen molar-refractivity contribution in [2.75, 3.05) is 0 Å². The van der Waals surface area contributed by atoms with Crippen LogP contribution >= 0.6 is 11.3 Å². The van der Waals surface area contributed by atoms with E-state index in [0.717, 1.165) is 21.9 Å². The van der Waals surface area contributed by atoms with E-state index in [1.54, 1.807) is 6.07 Å². The van der Waals surface area contributed by atoms with Crippen LogP contribution in [-0.2, 0) is 0 Å². The summed E-state index contributed by atoms with van der Waals surface area (Å²) in [5.74, 6) is 0.642. The first-order valence-electron chi connectivity index (χ1n) is 4.72. The molecule has 0 fully saturated rings. The molecular formula is C9H10N4O2S. The van der Waals surface area contributed by atoms with Gasteiger partial charge in [0.05, 0.1) is 15.5 Å². The molecule has 2 heterocycles. The Morgan fingerprint density at radius 2 is 2.31 bits per heavy atom. The average Bonchev–Trinajstić information content (AvgIpc) is 2.71. The van der Waals surface area contributed by atoms with Gasteiger partial charge >= 0.3 is 5.00 Å². The molecule has 0 saturated heterocycles. The number of hydrogen-bond donors (Lipinski definition) is 1. The van der Waals surface area contributed by atoms with Crippen LogP contribution in [0.2, 0.25) is 0 Å². The van der Waals surface area contributed by atoms with Gasteiger partial charge in [-0.25, -0.2) is 0 Å². The first-order valence-corrected chi connectivity index (χ1v) is 5.54. The number of amidine groups is 1. The minimum atomic E-state index is -0.404. The molecule has 2 rings (SSSR count). The highest BCUT2D eigenvalue weighted by Crippen LogP contribution is 2.27.